The predicted molar refractivity (Wildman–Crippen MR) is 145 cm³/mol. The van der Waals surface area contributed by atoms with Crippen LogP contribution in [0, 0.1) is 0 Å². The van der Waals surface area contributed by atoms with Crippen molar-refractivity contribution in [3.63, 3.8) is 0 Å². The van der Waals surface area contributed by atoms with E-state index in [1.54, 1.807) is 4.90 Å². The number of amides is 2. The molecule has 2 amide bonds. The van der Waals surface area contributed by atoms with Crippen LogP contribution >= 0.6 is 23.2 Å². The topological polar surface area (TPSA) is 73.4 Å². The molecule has 3 aliphatic rings. The monoisotopic (exact) mass is 566 g/mol. The Bertz CT molecular complexity index is 1280. The van der Waals surface area contributed by atoms with Crippen molar-refractivity contribution in [2.24, 2.45) is 0 Å². The fourth-order valence-electron chi connectivity index (χ4n) is 5.59. The van der Waals surface area contributed by atoms with Crippen molar-refractivity contribution in [1.82, 2.24) is 19.0 Å². The van der Waals surface area contributed by atoms with Gasteiger partial charge in [-0.05, 0) is 41.9 Å². The normalized spacial score (nSPS) is 22.4. The largest absolute Gasteiger partial charge is 0.493 e. The highest BCUT2D eigenvalue weighted by Crippen LogP contribution is 2.36. The van der Waals surface area contributed by atoms with Crippen LogP contribution in [-0.2, 0) is 23.0 Å². The second-order valence-electron chi connectivity index (χ2n) is 10.1. The number of hydrogen-bond donors (Lipinski definition) is 0. The van der Waals surface area contributed by atoms with E-state index in [9.17, 15) is 13.2 Å². The molecule has 11 heteroatoms. The number of carbonyl (C=O) groups excluding carboxylic acids is 1. The number of nitrogens with zero attached hydrogens (tertiary/aromatic N) is 4. The second kappa shape index (κ2) is 10.6. The molecule has 37 heavy (non-hydrogen) atoms. The van der Waals surface area contributed by atoms with Gasteiger partial charge in [0.15, 0.2) is 0 Å². The Balaban J connectivity index is 1.34. The highest BCUT2D eigenvalue weighted by atomic mass is 35.5. The molecule has 0 aliphatic carbocycles. The molecular formula is C26H32Cl2N4O4S. The summed E-state index contributed by atoms with van der Waals surface area (Å²) in [5.41, 5.74) is 3.45. The van der Waals surface area contributed by atoms with E-state index in [2.05, 4.69) is 30.1 Å². The number of urea groups is 1. The molecule has 0 saturated carbocycles. The van der Waals surface area contributed by atoms with E-state index >= 15 is 0 Å². The van der Waals surface area contributed by atoms with Gasteiger partial charge in [-0.15, -0.1) is 0 Å². The van der Waals surface area contributed by atoms with Crippen LogP contribution < -0.4 is 4.74 Å². The van der Waals surface area contributed by atoms with E-state index in [1.165, 1.54) is 16.1 Å². The van der Waals surface area contributed by atoms with Crippen LogP contribution in [0.15, 0.2) is 36.4 Å². The lowest BCUT2D eigenvalue weighted by Crippen LogP contribution is -2.53. The van der Waals surface area contributed by atoms with Crippen molar-refractivity contribution >= 4 is 39.3 Å². The Kier molecular flexibility index (Phi) is 7.62. The van der Waals surface area contributed by atoms with Gasteiger partial charge in [0, 0.05) is 64.2 Å². The van der Waals surface area contributed by atoms with Crippen LogP contribution in [0.25, 0.3) is 0 Å². The maximum atomic E-state index is 13.5. The number of halogens is 2. The zero-order chi connectivity index (χ0) is 26.3. The first-order chi connectivity index (χ1) is 17.6. The lowest BCUT2D eigenvalue weighted by Gasteiger charge is -2.35. The Labute approximate surface area is 228 Å². The number of carbonyl (C=O) groups is 1. The quantitative estimate of drug-likeness (QED) is 0.553. The minimum atomic E-state index is -3.26. The van der Waals surface area contributed by atoms with E-state index in [4.69, 9.17) is 27.9 Å². The summed E-state index contributed by atoms with van der Waals surface area (Å²) in [6, 6.07) is 12.1. The molecule has 2 aromatic rings. The summed E-state index contributed by atoms with van der Waals surface area (Å²) in [7, 11) is -1.17. The molecule has 3 heterocycles. The Morgan fingerprint density at radius 2 is 1.78 bits per heavy atom. The molecule has 8 nitrogen and oxygen atoms in total. The molecular weight excluding hydrogens is 535 g/mol. The fourth-order valence-corrected chi connectivity index (χ4v) is 6.72. The molecule has 0 radical (unpaired) electrons. The summed E-state index contributed by atoms with van der Waals surface area (Å²) in [5.74, 6) is 1.01. The van der Waals surface area contributed by atoms with E-state index in [0.717, 1.165) is 29.9 Å². The zero-order valence-electron chi connectivity index (χ0n) is 21.1. The number of sulfonamides is 1. The van der Waals surface area contributed by atoms with Gasteiger partial charge in [-0.2, -0.15) is 4.31 Å². The SMILES string of the molecule is CN(Cc1ccc2c(c1)OCC2)[C@H]1CN(C(=O)N2CCN(S(C)(=O)=O)CC2)C[C@@H]1c1ccc(Cl)c(Cl)c1. The molecule has 2 saturated heterocycles. The van der Waals surface area contributed by atoms with Gasteiger partial charge in [-0.25, -0.2) is 13.2 Å². The molecule has 3 aliphatic heterocycles. The zero-order valence-corrected chi connectivity index (χ0v) is 23.4. The van der Waals surface area contributed by atoms with E-state index in [0.29, 0.717) is 55.9 Å². The van der Waals surface area contributed by atoms with E-state index < -0.39 is 10.0 Å². The predicted octanol–water partition coefficient (Wildman–Crippen LogP) is 3.53. The molecule has 5 rings (SSSR count). The van der Waals surface area contributed by atoms with Gasteiger partial charge >= 0.3 is 6.03 Å². The molecule has 0 bridgehead atoms. The summed E-state index contributed by atoms with van der Waals surface area (Å²) in [4.78, 5) is 19.4. The first-order valence-electron chi connectivity index (χ1n) is 12.5. The first-order valence-corrected chi connectivity index (χ1v) is 15.1. The van der Waals surface area contributed by atoms with Crippen LogP contribution in [0.4, 0.5) is 4.79 Å². The van der Waals surface area contributed by atoms with Gasteiger partial charge < -0.3 is 14.5 Å². The number of hydrogen-bond acceptors (Lipinski definition) is 5. The summed E-state index contributed by atoms with van der Waals surface area (Å²) in [5, 5.41) is 1.00. The van der Waals surface area contributed by atoms with Gasteiger partial charge in [0.05, 0.1) is 22.9 Å². The highest BCUT2D eigenvalue weighted by molar-refractivity contribution is 7.88. The minimum Gasteiger partial charge on any atom is -0.493 e. The smallest absolute Gasteiger partial charge is 0.320 e. The maximum Gasteiger partial charge on any atom is 0.320 e. The van der Waals surface area contributed by atoms with Crippen molar-refractivity contribution in [3.8, 4) is 5.75 Å². The summed E-state index contributed by atoms with van der Waals surface area (Å²) < 4.78 is 30.9. The number of fused-ring (bicyclic) bond motifs is 1. The van der Waals surface area contributed by atoms with Gasteiger partial charge in [0.2, 0.25) is 10.0 Å². The molecule has 0 spiro atoms. The molecule has 0 aromatic heterocycles. The third kappa shape index (κ3) is 5.71. The minimum absolute atomic E-state index is 0.0479. The molecule has 200 valence electrons. The van der Waals surface area contributed by atoms with Crippen molar-refractivity contribution in [2.45, 2.75) is 24.9 Å². The van der Waals surface area contributed by atoms with Crippen molar-refractivity contribution in [1.29, 1.82) is 0 Å². The lowest BCUT2D eigenvalue weighted by molar-refractivity contribution is 0.138. The van der Waals surface area contributed by atoms with Crippen LogP contribution in [0.5, 0.6) is 5.75 Å². The van der Waals surface area contributed by atoms with Crippen LogP contribution in [0.3, 0.4) is 0 Å². The first kappa shape index (κ1) is 26.6. The average Bonchev–Trinajstić information content (AvgIpc) is 3.52. The van der Waals surface area contributed by atoms with E-state index in [-0.39, 0.29) is 18.0 Å². The van der Waals surface area contributed by atoms with Gasteiger partial charge in [-0.1, -0.05) is 41.4 Å². The van der Waals surface area contributed by atoms with E-state index in [1.807, 2.05) is 23.1 Å². The molecule has 0 N–H and O–H groups in total. The fraction of sp³-hybridized carbons (Fsp3) is 0.500. The molecule has 2 aromatic carbocycles. The molecule has 2 fully saturated rings. The second-order valence-corrected chi connectivity index (χ2v) is 12.9. The molecule has 0 unspecified atom stereocenters. The number of likely N-dealkylation sites (tertiary alicyclic amines) is 1. The number of ether oxygens (including phenoxy) is 1. The summed E-state index contributed by atoms with van der Waals surface area (Å²) in [6.45, 7) is 3.96. The Morgan fingerprint density at radius 1 is 1.03 bits per heavy atom. The average molecular weight is 568 g/mol. The van der Waals surface area contributed by atoms with Gasteiger partial charge in [-0.3, -0.25) is 4.90 Å². The van der Waals surface area contributed by atoms with Crippen LogP contribution in [0.1, 0.15) is 22.6 Å². The number of piperazine rings is 1. The standard InChI is InChI=1S/C26H32Cl2N4O4S/c1-29(15-18-3-4-19-7-12-36-25(19)13-18)24-17-31(16-21(24)20-5-6-22(27)23(28)14-20)26(33)30-8-10-32(11-9-30)37(2,34)35/h3-6,13-14,21,24H,7-12,15-17H2,1-2H3/t21-,24+/m1/s1. The number of rotatable bonds is 5. The number of likely N-dealkylation sites (N-methyl/N-ethyl adjacent to an activating group) is 1. The lowest BCUT2D eigenvalue weighted by atomic mass is 9.93. The highest BCUT2D eigenvalue weighted by Gasteiger charge is 2.40. The third-order valence-corrected chi connectivity index (χ3v) is 9.71. The molecule has 2 atom stereocenters. The van der Waals surface area contributed by atoms with Crippen molar-refractivity contribution in [2.75, 3.05) is 59.2 Å². The third-order valence-electron chi connectivity index (χ3n) is 7.67. The van der Waals surface area contributed by atoms with Crippen molar-refractivity contribution in [3.05, 3.63) is 63.1 Å². The van der Waals surface area contributed by atoms with Crippen molar-refractivity contribution < 1.29 is 17.9 Å². The van der Waals surface area contributed by atoms with Crippen LogP contribution in [0.2, 0.25) is 10.0 Å². The maximum absolute atomic E-state index is 13.5. The Hall–Kier alpha value is -2.04. The Morgan fingerprint density at radius 3 is 2.49 bits per heavy atom. The summed E-state index contributed by atoms with van der Waals surface area (Å²) >= 11 is 12.6. The summed E-state index contributed by atoms with van der Waals surface area (Å²) in [6.07, 6.45) is 2.16. The number of benzene rings is 2. The van der Waals surface area contributed by atoms with Gasteiger partial charge in [0.25, 0.3) is 0 Å². The van der Waals surface area contributed by atoms with Crippen LogP contribution in [-0.4, -0.2) is 98.7 Å². The van der Waals surface area contributed by atoms with Gasteiger partial charge in [0.1, 0.15) is 5.75 Å².